The van der Waals surface area contributed by atoms with E-state index in [1.165, 1.54) is 41.6 Å². The van der Waals surface area contributed by atoms with Crippen molar-refractivity contribution in [2.24, 2.45) is 0 Å². The van der Waals surface area contributed by atoms with Gasteiger partial charge in [-0.25, -0.2) is 4.39 Å². The number of aryl methyl sites for hydroxylation is 1. The summed E-state index contributed by atoms with van der Waals surface area (Å²) in [6.07, 6.45) is 1.78. The van der Waals surface area contributed by atoms with Crippen molar-refractivity contribution in [2.45, 2.75) is 25.8 Å². The lowest BCUT2D eigenvalue weighted by atomic mass is 10.1. The molecule has 4 nitrogen and oxygen atoms in total. The van der Waals surface area contributed by atoms with Gasteiger partial charge in [-0.05, 0) is 49.6 Å². The van der Waals surface area contributed by atoms with Gasteiger partial charge in [0.05, 0.1) is 11.5 Å². The zero-order valence-electron chi connectivity index (χ0n) is 14.7. The van der Waals surface area contributed by atoms with Crippen LogP contribution in [0.25, 0.3) is 0 Å². The zero-order valence-corrected chi connectivity index (χ0v) is 15.5. The molecule has 2 rings (SSSR count). The van der Waals surface area contributed by atoms with Gasteiger partial charge in [-0.1, -0.05) is 30.3 Å². The van der Waals surface area contributed by atoms with Crippen LogP contribution in [0, 0.1) is 5.82 Å². The first-order valence-electron chi connectivity index (χ1n) is 8.49. The first-order valence-corrected chi connectivity index (χ1v) is 9.65. The largest absolute Gasteiger partial charge is 0.353 e. The highest BCUT2D eigenvalue weighted by Crippen LogP contribution is 2.10. The second-order valence-corrected chi connectivity index (χ2v) is 7.03. The van der Waals surface area contributed by atoms with E-state index >= 15 is 0 Å². The van der Waals surface area contributed by atoms with Gasteiger partial charge in [-0.15, -0.1) is 11.8 Å². The summed E-state index contributed by atoms with van der Waals surface area (Å²) >= 11 is 1.25. The third kappa shape index (κ3) is 7.70. The van der Waals surface area contributed by atoms with Crippen molar-refractivity contribution in [2.75, 3.05) is 16.8 Å². The van der Waals surface area contributed by atoms with Gasteiger partial charge in [0, 0.05) is 11.7 Å². The molecule has 0 saturated heterocycles. The maximum absolute atomic E-state index is 12.8. The summed E-state index contributed by atoms with van der Waals surface area (Å²) in [5, 5.41) is 5.61. The van der Waals surface area contributed by atoms with Crippen LogP contribution in [0.2, 0.25) is 0 Å². The normalized spacial score (nSPS) is 11.6. The Hall–Kier alpha value is -2.34. The van der Waals surface area contributed by atoms with Crippen LogP contribution in [0.4, 0.5) is 10.1 Å². The minimum Gasteiger partial charge on any atom is -0.353 e. The van der Waals surface area contributed by atoms with Gasteiger partial charge in [-0.2, -0.15) is 0 Å². The third-order valence-corrected chi connectivity index (χ3v) is 4.64. The topological polar surface area (TPSA) is 58.2 Å². The maximum Gasteiger partial charge on any atom is 0.234 e. The van der Waals surface area contributed by atoms with Gasteiger partial charge in [-0.3, -0.25) is 9.59 Å². The molecule has 2 aromatic rings. The van der Waals surface area contributed by atoms with Crippen LogP contribution in [0.15, 0.2) is 54.6 Å². The summed E-state index contributed by atoms with van der Waals surface area (Å²) < 4.78 is 12.8. The lowest BCUT2D eigenvalue weighted by molar-refractivity contribution is -0.119. The Morgan fingerprint density at radius 1 is 1.00 bits per heavy atom. The number of hydrogen-bond donors (Lipinski definition) is 2. The quantitative estimate of drug-likeness (QED) is 0.705. The molecule has 2 N–H and O–H groups in total. The number of benzene rings is 2. The number of rotatable bonds is 9. The molecule has 0 aliphatic rings. The van der Waals surface area contributed by atoms with E-state index in [2.05, 4.69) is 22.8 Å². The predicted octanol–water partition coefficient (Wildman–Crippen LogP) is 3.63. The fourth-order valence-corrected chi connectivity index (χ4v) is 3.01. The Bertz CT molecular complexity index is 708. The Morgan fingerprint density at radius 3 is 2.35 bits per heavy atom. The van der Waals surface area contributed by atoms with E-state index in [1.54, 1.807) is 0 Å². The molecule has 0 radical (unpaired) electrons. The average Bonchev–Trinajstić information content (AvgIpc) is 2.63. The summed E-state index contributed by atoms with van der Waals surface area (Å²) in [5.41, 5.74) is 1.79. The van der Waals surface area contributed by atoms with Crippen molar-refractivity contribution in [3.8, 4) is 0 Å². The first-order chi connectivity index (χ1) is 12.5. The van der Waals surface area contributed by atoms with Crippen molar-refractivity contribution in [3.05, 3.63) is 66.0 Å². The molecule has 138 valence electrons. The first kappa shape index (κ1) is 20.0. The van der Waals surface area contributed by atoms with Crippen LogP contribution in [0.3, 0.4) is 0 Å². The Kier molecular flexibility index (Phi) is 8.15. The number of thioether (sulfide) groups is 1. The second-order valence-electron chi connectivity index (χ2n) is 6.04. The molecule has 0 saturated carbocycles. The number of nitrogens with one attached hydrogen (secondary N) is 2. The Labute approximate surface area is 157 Å². The molecule has 0 bridgehead atoms. The van der Waals surface area contributed by atoms with Gasteiger partial charge in [0.2, 0.25) is 11.8 Å². The minimum absolute atomic E-state index is 0.0786. The van der Waals surface area contributed by atoms with Crippen LogP contribution in [0.1, 0.15) is 18.9 Å². The molecule has 6 heteroatoms. The van der Waals surface area contributed by atoms with E-state index in [0.29, 0.717) is 5.69 Å². The highest BCUT2D eigenvalue weighted by molar-refractivity contribution is 8.00. The van der Waals surface area contributed by atoms with Gasteiger partial charge in [0.1, 0.15) is 5.82 Å². The van der Waals surface area contributed by atoms with E-state index in [-0.39, 0.29) is 35.2 Å². The molecule has 1 unspecified atom stereocenters. The second kappa shape index (κ2) is 10.6. The number of anilines is 1. The van der Waals surface area contributed by atoms with E-state index in [4.69, 9.17) is 0 Å². The lowest BCUT2D eigenvalue weighted by Crippen LogP contribution is -2.34. The molecule has 1 atom stereocenters. The van der Waals surface area contributed by atoms with Crippen LogP contribution < -0.4 is 10.6 Å². The van der Waals surface area contributed by atoms with Crippen LogP contribution in [-0.2, 0) is 16.0 Å². The highest BCUT2D eigenvalue weighted by Gasteiger charge is 2.09. The Balaban J connectivity index is 1.60. The van der Waals surface area contributed by atoms with Crippen LogP contribution >= 0.6 is 11.8 Å². The van der Waals surface area contributed by atoms with Crippen LogP contribution in [0.5, 0.6) is 0 Å². The summed E-state index contributed by atoms with van der Waals surface area (Å²) in [4.78, 5) is 23.7. The molecular formula is C20H23FN2O2S. The molecule has 0 aliphatic carbocycles. The van der Waals surface area contributed by atoms with Crippen molar-refractivity contribution >= 4 is 29.3 Å². The van der Waals surface area contributed by atoms with Crippen molar-refractivity contribution in [3.63, 3.8) is 0 Å². The maximum atomic E-state index is 12.8. The standard InChI is InChI=1S/C20H23FN2O2S/c1-15(7-8-16-5-3-2-4-6-16)22-19(24)13-26-14-20(25)23-18-11-9-17(21)10-12-18/h2-6,9-12,15H,7-8,13-14H2,1H3,(H,22,24)(H,23,25). The monoisotopic (exact) mass is 374 g/mol. The molecule has 2 aromatic carbocycles. The van der Waals surface area contributed by atoms with E-state index in [9.17, 15) is 14.0 Å². The minimum atomic E-state index is -0.351. The van der Waals surface area contributed by atoms with Gasteiger partial charge in [0.15, 0.2) is 0 Å². The van der Waals surface area contributed by atoms with Gasteiger partial charge >= 0.3 is 0 Å². The number of halogens is 1. The highest BCUT2D eigenvalue weighted by atomic mass is 32.2. The molecule has 0 spiro atoms. The molecule has 0 heterocycles. The average molecular weight is 374 g/mol. The van der Waals surface area contributed by atoms with Crippen molar-refractivity contribution in [1.82, 2.24) is 5.32 Å². The lowest BCUT2D eigenvalue weighted by Gasteiger charge is -2.13. The summed E-state index contributed by atoms with van der Waals surface area (Å²) in [5.74, 6) is -0.248. The molecule has 0 fully saturated rings. The zero-order chi connectivity index (χ0) is 18.8. The molecule has 2 amide bonds. The summed E-state index contributed by atoms with van der Waals surface area (Å²) in [7, 11) is 0. The SMILES string of the molecule is CC(CCc1ccccc1)NC(=O)CSCC(=O)Nc1ccc(F)cc1. The van der Waals surface area contributed by atoms with Crippen molar-refractivity contribution in [1.29, 1.82) is 0 Å². The molecule has 26 heavy (non-hydrogen) atoms. The van der Waals surface area contributed by atoms with Crippen molar-refractivity contribution < 1.29 is 14.0 Å². The van der Waals surface area contributed by atoms with Crippen LogP contribution in [-0.4, -0.2) is 29.4 Å². The fourth-order valence-electron chi connectivity index (χ4n) is 2.38. The van der Waals surface area contributed by atoms with Gasteiger partial charge < -0.3 is 10.6 Å². The van der Waals surface area contributed by atoms with E-state index in [1.807, 2.05) is 25.1 Å². The third-order valence-electron chi connectivity index (χ3n) is 3.71. The van der Waals surface area contributed by atoms with E-state index in [0.717, 1.165) is 12.8 Å². The predicted molar refractivity (Wildman–Crippen MR) is 105 cm³/mol. The molecular weight excluding hydrogens is 351 g/mol. The van der Waals surface area contributed by atoms with E-state index < -0.39 is 0 Å². The van der Waals surface area contributed by atoms with Gasteiger partial charge in [0.25, 0.3) is 0 Å². The number of hydrogen-bond acceptors (Lipinski definition) is 3. The fraction of sp³-hybridized carbons (Fsp3) is 0.300. The number of amides is 2. The molecule has 0 aromatic heterocycles. The summed E-state index contributed by atoms with van der Waals surface area (Å²) in [6, 6.07) is 15.8. The molecule has 0 aliphatic heterocycles. The smallest absolute Gasteiger partial charge is 0.234 e. The Morgan fingerprint density at radius 2 is 1.65 bits per heavy atom. The number of carbonyl (C=O) groups is 2. The number of carbonyl (C=O) groups excluding carboxylic acids is 2. The summed E-state index contributed by atoms with van der Waals surface area (Å²) in [6.45, 7) is 1.98.